The SMILES string of the molecule is CC#CCCN(CC(=O)O)CC1CC1. The molecule has 78 valence electrons. The van der Waals surface area contributed by atoms with Crippen molar-refractivity contribution in [2.24, 2.45) is 5.92 Å². The van der Waals surface area contributed by atoms with Crippen molar-refractivity contribution in [2.45, 2.75) is 26.2 Å². The van der Waals surface area contributed by atoms with Crippen molar-refractivity contribution in [1.82, 2.24) is 4.90 Å². The van der Waals surface area contributed by atoms with Crippen LogP contribution in [0, 0.1) is 17.8 Å². The molecular weight excluding hydrogens is 178 g/mol. The summed E-state index contributed by atoms with van der Waals surface area (Å²) in [7, 11) is 0. The van der Waals surface area contributed by atoms with Crippen LogP contribution in [0.4, 0.5) is 0 Å². The Morgan fingerprint density at radius 2 is 2.29 bits per heavy atom. The second-order valence-electron chi connectivity index (χ2n) is 3.75. The van der Waals surface area contributed by atoms with Gasteiger partial charge in [0.1, 0.15) is 0 Å². The minimum absolute atomic E-state index is 0.155. The summed E-state index contributed by atoms with van der Waals surface area (Å²) in [5.74, 6) is 5.78. The maximum Gasteiger partial charge on any atom is 0.317 e. The van der Waals surface area contributed by atoms with E-state index >= 15 is 0 Å². The summed E-state index contributed by atoms with van der Waals surface area (Å²) >= 11 is 0. The standard InChI is InChI=1S/C11H17NO2/c1-2-3-4-7-12(9-11(13)14)8-10-5-6-10/h10H,4-9H2,1H3,(H,13,14). The van der Waals surface area contributed by atoms with Crippen LogP contribution in [-0.2, 0) is 4.79 Å². The Labute approximate surface area is 85.1 Å². The number of hydrogen-bond donors (Lipinski definition) is 1. The summed E-state index contributed by atoms with van der Waals surface area (Å²) in [6, 6.07) is 0. The normalized spacial score (nSPS) is 15.0. The van der Waals surface area contributed by atoms with Gasteiger partial charge >= 0.3 is 5.97 Å². The molecular formula is C11H17NO2. The number of aliphatic carboxylic acids is 1. The Hall–Kier alpha value is -1.01. The van der Waals surface area contributed by atoms with Crippen molar-refractivity contribution < 1.29 is 9.90 Å². The molecule has 0 unspecified atom stereocenters. The molecule has 14 heavy (non-hydrogen) atoms. The van der Waals surface area contributed by atoms with E-state index in [0.717, 1.165) is 25.4 Å². The van der Waals surface area contributed by atoms with E-state index in [4.69, 9.17) is 5.11 Å². The highest BCUT2D eigenvalue weighted by Gasteiger charge is 2.24. The number of rotatable bonds is 6. The van der Waals surface area contributed by atoms with E-state index < -0.39 is 5.97 Å². The van der Waals surface area contributed by atoms with E-state index in [9.17, 15) is 4.79 Å². The van der Waals surface area contributed by atoms with Crippen LogP contribution in [0.25, 0.3) is 0 Å². The summed E-state index contributed by atoms with van der Waals surface area (Å²) < 4.78 is 0. The van der Waals surface area contributed by atoms with E-state index in [1.165, 1.54) is 12.8 Å². The van der Waals surface area contributed by atoms with Crippen molar-refractivity contribution in [3.8, 4) is 11.8 Å². The Bertz CT molecular complexity index is 248. The van der Waals surface area contributed by atoms with Crippen molar-refractivity contribution >= 4 is 5.97 Å². The maximum absolute atomic E-state index is 10.6. The van der Waals surface area contributed by atoms with Gasteiger partial charge in [0.2, 0.25) is 0 Å². The predicted molar refractivity (Wildman–Crippen MR) is 54.9 cm³/mol. The zero-order valence-electron chi connectivity index (χ0n) is 8.62. The van der Waals surface area contributed by atoms with Crippen LogP contribution < -0.4 is 0 Å². The van der Waals surface area contributed by atoms with Crippen LogP contribution in [0.15, 0.2) is 0 Å². The quantitative estimate of drug-likeness (QED) is 0.647. The molecule has 0 amide bonds. The molecule has 1 rings (SSSR count). The summed E-state index contributed by atoms with van der Waals surface area (Å²) in [5.41, 5.74) is 0. The molecule has 0 heterocycles. The van der Waals surface area contributed by atoms with Crippen LogP contribution in [0.1, 0.15) is 26.2 Å². The number of nitrogens with zero attached hydrogens (tertiary/aromatic N) is 1. The van der Waals surface area contributed by atoms with Gasteiger partial charge in [-0.2, -0.15) is 0 Å². The molecule has 3 heteroatoms. The molecule has 0 spiro atoms. The van der Waals surface area contributed by atoms with Gasteiger partial charge in [0.05, 0.1) is 6.54 Å². The molecule has 1 saturated carbocycles. The molecule has 3 nitrogen and oxygen atoms in total. The highest BCUT2D eigenvalue weighted by Crippen LogP contribution is 2.29. The molecule has 0 radical (unpaired) electrons. The first-order valence-corrected chi connectivity index (χ1v) is 5.06. The molecule has 1 fully saturated rings. The first-order chi connectivity index (χ1) is 6.72. The van der Waals surface area contributed by atoms with Gasteiger partial charge in [-0.15, -0.1) is 11.8 Å². The zero-order chi connectivity index (χ0) is 10.4. The topological polar surface area (TPSA) is 40.5 Å². The van der Waals surface area contributed by atoms with E-state index in [1.54, 1.807) is 0 Å². The van der Waals surface area contributed by atoms with Crippen LogP contribution >= 0.6 is 0 Å². The monoisotopic (exact) mass is 195 g/mol. The fourth-order valence-corrected chi connectivity index (χ4v) is 1.43. The van der Waals surface area contributed by atoms with Gasteiger partial charge in [-0.25, -0.2) is 0 Å². The third-order valence-electron chi connectivity index (χ3n) is 2.30. The van der Waals surface area contributed by atoms with Gasteiger partial charge in [0, 0.05) is 19.5 Å². The fourth-order valence-electron chi connectivity index (χ4n) is 1.43. The molecule has 0 saturated heterocycles. The zero-order valence-corrected chi connectivity index (χ0v) is 8.62. The van der Waals surface area contributed by atoms with Crippen molar-refractivity contribution in [2.75, 3.05) is 19.6 Å². The summed E-state index contributed by atoms with van der Waals surface area (Å²) in [5, 5.41) is 8.70. The van der Waals surface area contributed by atoms with Crippen molar-refractivity contribution in [3.05, 3.63) is 0 Å². The van der Waals surface area contributed by atoms with Crippen LogP contribution in [0.5, 0.6) is 0 Å². The average molecular weight is 195 g/mol. The van der Waals surface area contributed by atoms with E-state index in [1.807, 2.05) is 11.8 Å². The lowest BCUT2D eigenvalue weighted by Crippen LogP contribution is -2.32. The summed E-state index contributed by atoms with van der Waals surface area (Å²) in [6.45, 7) is 3.67. The summed E-state index contributed by atoms with van der Waals surface area (Å²) in [4.78, 5) is 12.6. The fraction of sp³-hybridized carbons (Fsp3) is 0.727. The van der Waals surface area contributed by atoms with Gasteiger partial charge in [-0.1, -0.05) is 0 Å². The second kappa shape index (κ2) is 5.66. The second-order valence-corrected chi connectivity index (χ2v) is 3.75. The van der Waals surface area contributed by atoms with Gasteiger partial charge in [0.25, 0.3) is 0 Å². The minimum Gasteiger partial charge on any atom is -0.480 e. The Morgan fingerprint density at radius 3 is 2.79 bits per heavy atom. The van der Waals surface area contributed by atoms with Gasteiger partial charge in [0.15, 0.2) is 0 Å². The van der Waals surface area contributed by atoms with Crippen LogP contribution in [-0.4, -0.2) is 35.6 Å². The minimum atomic E-state index is -0.741. The molecule has 0 aliphatic heterocycles. The lowest BCUT2D eigenvalue weighted by atomic mass is 10.3. The Morgan fingerprint density at radius 1 is 1.57 bits per heavy atom. The molecule has 1 aliphatic carbocycles. The highest BCUT2D eigenvalue weighted by molar-refractivity contribution is 5.69. The summed E-state index contributed by atoms with van der Waals surface area (Å²) in [6.07, 6.45) is 3.29. The number of carbonyl (C=O) groups is 1. The number of carboxylic acids is 1. The van der Waals surface area contributed by atoms with E-state index in [2.05, 4.69) is 11.8 Å². The van der Waals surface area contributed by atoms with Crippen molar-refractivity contribution in [1.29, 1.82) is 0 Å². The number of hydrogen-bond acceptors (Lipinski definition) is 2. The van der Waals surface area contributed by atoms with E-state index in [0.29, 0.717) is 0 Å². The largest absolute Gasteiger partial charge is 0.480 e. The van der Waals surface area contributed by atoms with Crippen LogP contribution in [0.2, 0.25) is 0 Å². The molecule has 1 N–H and O–H groups in total. The third-order valence-corrected chi connectivity index (χ3v) is 2.30. The first kappa shape index (κ1) is 11.1. The molecule has 0 aromatic carbocycles. The number of carboxylic acid groups (broad SMARTS) is 1. The smallest absolute Gasteiger partial charge is 0.317 e. The van der Waals surface area contributed by atoms with E-state index in [-0.39, 0.29) is 6.54 Å². The molecule has 0 atom stereocenters. The van der Waals surface area contributed by atoms with Gasteiger partial charge < -0.3 is 5.11 Å². The molecule has 0 aromatic heterocycles. The highest BCUT2D eigenvalue weighted by atomic mass is 16.4. The predicted octanol–water partition coefficient (Wildman–Crippen LogP) is 1.20. The lowest BCUT2D eigenvalue weighted by molar-refractivity contribution is -0.138. The Kier molecular flexibility index (Phi) is 4.48. The van der Waals surface area contributed by atoms with Gasteiger partial charge in [-0.3, -0.25) is 9.69 Å². The van der Waals surface area contributed by atoms with Gasteiger partial charge in [-0.05, 0) is 25.7 Å². The third kappa shape index (κ3) is 4.88. The molecule has 0 bridgehead atoms. The Balaban J connectivity index is 2.25. The average Bonchev–Trinajstić information content (AvgIpc) is 2.87. The molecule has 1 aliphatic rings. The molecule has 0 aromatic rings. The van der Waals surface area contributed by atoms with Crippen molar-refractivity contribution in [3.63, 3.8) is 0 Å². The first-order valence-electron chi connectivity index (χ1n) is 5.06. The van der Waals surface area contributed by atoms with Crippen LogP contribution in [0.3, 0.4) is 0 Å². The lowest BCUT2D eigenvalue weighted by Gasteiger charge is -2.18. The maximum atomic E-state index is 10.6.